The van der Waals surface area contributed by atoms with E-state index in [0.29, 0.717) is 17.6 Å². The topological polar surface area (TPSA) is 138 Å². The molecular weight excluding hydrogens is 470 g/mol. The number of aryl methyl sites for hydroxylation is 3. The molecule has 4 N–H and O–H groups in total. The molecule has 10 nitrogen and oxygen atoms in total. The minimum Gasteiger partial charge on any atom is -0.465 e. The number of benzene rings is 1. The molecule has 1 atom stereocenters. The van der Waals surface area contributed by atoms with Crippen LogP contribution >= 0.6 is 11.6 Å². The molecule has 0 radical (unpaired) electrons. The minimum atomic E-state index is -1.37. The zero-order valence-corrected chi connectivity index (χ0v) is 20.6. The van der Waals surface area contributed by atoms with Gasteiger partial charge in [-0.1, -0.05) is 24.6 Å². The van der Waals surface area contributed by atoms with Gasteiger partial charge in [-0.2, -0.15) is 5.10 Å². The Morgan fingerprint density at radius 1 is 1.29 bits per heavy atom. The van der Waals surface area contributed by atoms with Crippen LogP contribution in [0.4, 0.5) is 10.5 Å². The van der Waals surface area contributed by atoms with Crippen molar-refractivity contribution < 1.29 is 9.90 Å². The van der Waals surface area contributed by atoms with E-state index >= 15 is 0 Å². The first kappa shape index (κ1) is 24.2. The molecule has 1 aromatic carbocycles. The highest BCUT2D eigenvalue weighted by Gasteiger charge is 2.21. The van der Waals surface area contributed by atoms with Crippen molar-refractivity contribution in [3.63, 3.8) is 0 Å². The van der Waals surface area contributed by atoms with Gasteiger partial charge in [0.2, 0.25) is 0 Å². The van der Waals surface area contributed by atoms with Crippen LogP contribution in [0.25, 0.3) is 21.8 Å². The lowest BCUT2D eigenvalue weighted by atomic mass is 9.95. The molecule has 0 aliphatic heterocycles. The minimum absolute atomic E-state index is 0.0699. The van der Waals surface area contributed by atoms with Crippen LogP contribution in [-0.4, -0.2) is 36.4 Å². The summed E-state index contributed by atoms with van der Waals surface area (Å²) in [5, 5.41) is 29.4. The van der Waals surface area contributed by atoms with Gasteiger partial charge >= 0.3 is 6.09 Å². The van der Waals surface area contributed by atoms with E-state index in [0.717, 1.165) is 34.0 Å². The molecule has 1 unspecified atom stereocenters. The third-order valence-electron chi connectivity index (χ3n) is 5.85. The molecule has 3 aromatic heterocycles. The predicted molar refractivity (Wildman–Crippen MR) is 137 cm³/mol. The number of pyridine rings is 2. The summed E-state index contributed by atoms with van der Waals surface area (Å²) in [6.07, 6.45) is 1.30. The van der Waals surface area contributed by atoms with E-state index < -0.39 is 11.9 Å². The molecule has 3 heterocycles. The molecule has 1 amide bonds. The van der Waals surface area contributed by atoms with Crippen molar-refractivity contribution in [3.8, 4) is 0 Å². The van der Waals surface area contributed by atoms with E-state index in [1.54, 1.807) is 29.9 Å². The van der Waals surface area contributed by atoms with Gasteiger partial charge in [0.15, 0.2) is 5.84 Å². The summed E-state index contributed by atoms with van der Waals surface area (Å²) in [4.78, 5) is 28.6. The second-order valence-electron chi connectivity index (χ2n) is 8.45. The summed E-state index contributed by atoms with van der Waals surface area (Å²) >= 11 is 6.02. The van der Waals surface area contributed by atoms with Crippen molar-refractivity contribution in [2.45, 2.75) is 39.8 Å². The number of carboxylic acid groups (broad SMARTS) is 1. The number of aromatic nitrogens is 4. The number of fused-ring (bicyclic) bond motifs is 3. The smallest absolute Gasteiger partial charge is 0.410 e. The van der Waals surface area contributed by atoms with Gasteiger partial charge in [-0.15, -0.1) is 0 Å². The van der Waals surface area contributed by atoms with Crippen LogP contribution in [0.3, 0.4) is 0 Å². The number of amides is 1. The van der Waals surface area contributed by atoms with Crippen molar-refractivity contribution >= 4 is 51.0 Å². The Labute approximate surface area is 206 Å². The summed E-state index contributed by atoms with van der Waals surface area (Å²) in [5.74, 6) is -0.402. The quantitative estimate of drug-likeness (QED) is 0.177. The van der Waals surface area contributed by atoms with Gasteiger partial charge in [0, 0.05) is 35.8 Å². The van der Waals surface area contributed by atoms with Crippen LogP contribution in [0.5, 0.6) is 0 Å². The third kappa shape index (κ3) is 4.44. The molecule has 4 aromatic rings. The second kappa shape index (κ2) is 9.38. The summed E-state index contributed by atoms with van der Waals surface area (Å²) < 4.78 is 3.49. The van der Waals surface area contributed by atoms with Gasteiger partial charge in [-0.25, -0.2) is 14.5 Å². The molecule has 35 heavy (non-hydrogen) atoms. The lowest BCUT2D eigenvalue weighted by molar-refractivity contribution is 0.200. The van der Waals surface area contributed by atoms with Crippen LogP contribution in [-0.2, 0) is 13.6 Å². The van der Waals surface area contributed by atoms with Crippen LogP contribution in [0, 0.1) is 12.3 Å². The first-order valence-electron chi connectivity index (χ1n) is 11.1. The molecule has 0 saturated heterocycles. The fourth-order valence-corrected chi connectivity index (χ4v) is 4.55. The fraction of sp³-hybridized carbons (Fsp3) is 0.292. The van der Waals surface area contributed by atoms with E-state index in [2.05, 4.69) is 22.3 Å². The maximum atomic E-state index is 13.4. The van der Waals surface area contributed by atoms with Gasteiger partial charge < -0.3 is 10.4 Å². The molecule has 0 spiro atoms. The predicted octanol–water partition coefficient (Wildman–Crippen LogP) is 4.42. The Kier molecular flexibility index (Phi) is 6.49. The number of anilines is 1. The summed E-state index contributed by atoms with van der Waals surface area (Å²) in [7, 11) is 1.76. The van der Waals surface area contributed by atoms with E-state index in [-0.39, 0.29) is 22.4 Å². The van der Waals surface area contributed by atoms with Crippen molar-refractivity contribution in [1.29, 1.82) is 5.41 Å². The lowest BCUT2D eigenvalue weighted by Crippen LogP contribution is -2.30. The molecule has 0 aliphatic carbocycles. The van der Waals surface area contributed by atoms with Crippen molar-refractivity contribution in [2.75, 3.05) is 5.32 Å². The normalized spacial score (nSPS) is 12.1. The van der Waals surface area contributed by atoms with Crippen molar-refractivity contribution in [2.24, 2.45) is 7.05 Å². The second-order valence-corrected chi connectivity index (χ2v) is 8.83. The average molecular weight is 496 g/mol. The van der Waals surface area contributed by atoms with Crippen LogP contribution in [0.1, 0.15) is 43.1 Å². The average Bonchev–Trinajstić information content (AvgIpc) is 3.21. The molecule has 4 rings (SSSR count). The number of nitrogens with zero attached hydrogens (tertiary/aromatic N) is 4. The highest BCUT2D eigenvalue weighted by Crippen LogP contribution is 2.33. The summed E-state index contributed by atoms with van der Waals surface area (Å²) in [6, 6.07) is 6.77. The van der Waals surface area contributed by atoms with Crippen molar-refractivity contribution in [3.05, 3.63) is 62.8 Å². The van der Waals surface area contributed by atoms with Gasteiger partial charge in [-0.05, 0) is 49.6 Å². The molecule has 0 bridgehead atoms. The summed E-state index contributed by atoms with van der Waals surface area (Å²) in [6.45, 7) is 6.61. The first-order chi connectivity index (χ1) is 16.6. The Balaban J connectivity index is 1.89. The molecule has 0 aliphatic rings. The van der Waals surface area contributed by atoms with Gasteiger partial charge in [0.25, 0.3) is 5.56 Å². The molecular formula is C24H26ClN7O3. The number of amidine groups is 1. The number of carbonyl (C=O) groups is 1. The zero-order valence-electron chi connectivity index (χ0n) is 19.8. The van der Waals surface area contributed by atoms with Gasteiger partial charge in [-0.3, -0.25) is 20.1 Å². The third-order valence-corrected chi connectivity index (χ3v) is 6.06. The van der Waals surface area contributed by atoms with Crippen molar-refractivity contribution in [1.82, 2.24) is 24.6 Å². The Hall–Kier alpha value is -3.92. The Bertz CT molecular complexity index is 1540. The van der Waals surface area contributed by atoms with Gasteiger partial charge in [0.1, 0.15) is 16.5 Å². The number of hydrogen-bond donors (Lipinski definition) is 4. The van der Waals surface area contributed by atoms with E-state index in [1.807, 2.05) is 36.0 Å². The first-order valence-corrected chi connectivity index (χ1v) is 11.5. The SMILES string of the molecule is CCCn1ncc2c3c(C(C)Nc4ccc(Cl)nc4C(=N)NC(=O)O)cc(C)cc3c(=O)n(C)c21. The fourth-order valence-electron chi connectivity index (χ4n) is 4.41. The monoisotopic (exact) mass is 495 g/mol. The van der Waals surface area contributed by atoms with E-state index in [4.69, 9.17) is 22.1 Å². The highest BCUT2D eigenvalue weighted by molar-refractivity contribution is 6.29. The lowest BCUT2D eigenvalue weighted by Gasteiger charge is -2.21. The number of halogens is 1. The molecule has 0 saturated carbocycles. The number of rotatable bonds is 6. The molecule has 11 heteroatoms. The molecule has 0 fully saturated rings. The Morgan fingerprint density at radius 2 is 2.03 bits per heavy atom. The number of nitrogens with one attached hydrogen (secondary N) is 3. The standard InChI is InChI=1S/C24H26ClN7O3/c1-5-8-32-22-16(11-27-32)19-14(9-12(2)10-15(19)23(33)31(22)4)13(3)28-17-6-7-18(25)29-20(17)21(26)30-24(34)35/h6-7,9-11,13,28H,5,8H2,1-4H3,(H2,26,30)(H,34,35). The zero-order chi connectivity index (χ0) is 25.4. The van der Waals surface area contributed by atoms with Crippen LogP contribution in [0.15, 0.2) is 35.3 Å². The Morgan fingerprint density at radius 3 is 2.71 bits per heavy atom. The molecule has 182 valence electrons. The largest absolute Gasteiger partial charge is 0.465 e. The highest BCUT2D eigenvalue weighted by atomic mass is 35.5. The number of hydrogen-bond acceptors (Lipinski definition) is 6. The maximum absolute atomic E-state index is 13.4. The van der Waals surface area contributed by atoms with Gasteiger partial charge in [0.05, 0.1) is 11.9 Å². The van der Waals surface area contributed by atoms with E-state index in [1.165, 1.54) is 0 Å². The summed E-state index contributed by atoms with van der Waals surface area (Å²) in [5.41, 5.74) is 2.94. The van der Waals surface area contributed by atoms with E-state index in [9.17, 15) is 9.59 Å². The van der Waals surface area contributed by atoms with Crippen LogP contribution in [0.2, 0.25) is 5.15 Å². The maximum Gasteiger partial charge on any atom is 0.410 e. The van der Waals surface area contributed by atoms with Crippen LogP contribution < -0.4 is 16.2 Å².